The summed E-state index contributed by atoms with van der Waals surface area (Å²) in [6.07, 6.45) is 1.88. The van der Waals surface area contributed by atoms with Gasteiger partial charge in [-0.3, -0.25) is 4.57 Å². The summed E-state index contributed by atoms with van der Waals surface area (Å²) in [5.74, 6) is 0.897. The zero-order valence-corrected chi connectivity index (χ0v) is 12.1. The van der Waals surface area contributed by atoms with Crippen LogP contribution in [0, 0.1) is 6.92 Å². The molecule has 90 valence electrons. The fourth-order valence-corrected chi connectivity index (χ4v) is 2.26. The Labute approximate surface area is 114 Å². The van der Waals surface area contributed by atoms with Gasteiger partial charge in [-0.15, -0.1) is 10.2 Å². The Morgan fingerprint density at radius 2 is 2.12 bits per heavy atom. The second kappa shape index (κ2) is 5.19. The quantitative estimate of drug-likeness (QED) is 0.859. The molecule has 2 aromatic rings. The first-order chi connectivity index (χ1) is 8.13. The van der Waals surface area contributed by atoms with E-state index in [1.165, 1.54) is 5.56 Å². The zero-order valence-electron chi connectivity index (χ0n) is 9.74. The summed E-state index contributed by atoms with van der Waals surface area (Å²) in [4.78, 5) is 0. The topological polar surface area (TPSA) is 30.7 Å². The highest BCUT2D eigenvalue weighted by Crippen LogP contribution is 2.23. The summed E-state index contributed by atoms with van der Waals surface area (Å²) in [5, 5.41) is 8.43. The van der Waals surface area contributed by atoms with E-state index in [2.05, 4.69) is 40.0 Å². The van der Waals surface area contributed by atoms with Crippen LogP contribution in [0.3, 0.4) is 0 Å². The summed E-state index contributed by atoms with van der Waals surface area (Å²) in [7, 11) is 0. The van der Waals surface area contributed by atoms with Gasteiger partial charge in [-0.05, 0) is 42.6 Å². The van der Waals surface area contributed by atoms with Gasteiger partial charge in [0.1, 0.15) is 5.82 Å². The van der Waals surface area contributed by atoms with Crippen LogP contribution in [-0.2, 0) is 6.42 Å². The summed E-state index contributed by atoms with van der Waals surface area (Å²) >= 11 is 9.60. The molecule has 0 bridgehead atoms. The highest BCUT2D eigenvalue weighted by Gasteiger charge is 2.11. The van der Waals surface area contributed by atoms with Crippen molar-refractivity contribution in [3.05, 3.63) is 39.3 Å². The number of benzene rings is 1. The van der Waals surface area contributed by atoms with E-state index in [9.17, 15) is 0 Å². The largest absolute Gasteiger partial charge is 0.270 e. The van der Waals surface area contributed by atoms with Gasteiger partial charge < -0.3 is 0 Å². The number of rotatable bonds is 3. The molecule has 0 saturated heterocycles. The molecule has 0 amide bonds. The molecule has 5 heteroatoms. The van der Waals surface area contributed by atoms with E-state index in [-0.39, 0.29) is 0 Å². The van der Waals surface area contributed by atoms with Crippen LogP contribution in [0.25, 0.3) is 5.69 Å². The Bertz CT molecular complexity index is 537. The van der Waals surface area contributed by atoms with Crippen LogP contribution in [-0.4, -0.2) is 14.8 Å². The molecule has 0 aliphatic heterocycles. The van der Waals surface area contributed by atoms with Gasteiger partial charge in [-0.2, -0.15) is 0 Å². The van der Waals surface area contributed by atoms with E-state index < -0.39 is 0 Å². The van der Waals surface area contributed by atoms with Crippen molar-refractivity contribution in [3.8, 4) is 5.69 Å². The van der Waals surface area contributed by atoms with Crippen molar-refractivity contribution in [2.75, 3.05) is 0 Å². The van der Waals surface area contributed by atoms with E-state index in [1.807, 2.05) is 22.8 Å². The average Bonchev–Trinajstić information content (AvgIpc) is 2.65. The third-order valence-electron chi connectivity index (χ3n) is 2.58. The summed E-state index contributed by atoms with van der Waals surface area (Å²) in [6.45, 7) is 4.16. The highest BCUT2D eigenvalue weighted by atomic mass is 79.9. The molecule has 2 rings (SSSR count). The number of aromatic nitrogens is 3. The third-order valence-corrected chi connectivity index (χ3v) is 3.68. The molecule has 0 aliphatic rings. The van der Waals surface area contributed by atoms with Gasteiger partial charge in [0.15, 0.2) is 0 Å². The predicted molar refractivity (Wildman–Crippen MR) is 72.8 cm³/mol. The molecule has 17 heavy (non-hydrogen) atoms. The summed E-state index contributed by atoms with van der Waals surface area (Å²) < 4.78 is 2.94. The SMILES string of the molecule is CCCc1nnc(Cl)n1-c1ccc(C)c(Br)c1. The molecule has 0 spiro atoms. The molecule has 0 saturated carbocycles. The van der Waals surface area contributed by atoms with Crippen molar-refractivity contribution in [2.45, 2.75) is 26.7 Å². The van der Waals surface area contributed by atoms with E-state index in [4.69, 9.17) is 11.6 Å². The van der Waals surface area contributed by atoms with Crippen LogP contribution < -0.4 is 0 Å². The second-order valence-electron chi connectivity index (χ2n) is 3.90. The molecule has 0 aliphatic carbocycles. The second-order valence-corrected chi connectivity index (χ2v) is 5.10. The lowest BCUT2D eigenvalue weighted by Crippen LogP contribution is -2.01. The van der Waals surface area contributed by atoms with Gasteiger partial charge in [-0.25, -0.2) is 0 Å². The first kappa shape index (κ1) is 12.6. The number of hydrogen-bond acceptors (Lipinski definition) is 2. The first-order valence-electron chi connectivity index (χ1n) is 5.49. The molecule has 0 atom stereocenters. The highest BCUT2D eigenvalue weighted by molar-refractivity contribution is 9.10. The molecule has 1 aromatic carbocycles. The minimum atomic E-state index is 0.407. The summed E-state index contributed by atoms with van der Waals surface area (Å²) in [6, 6.07) is 6.10. The lowest BCUT2D eigenvalue weighted by Gasteiger charge is -2.08. The Morgan fingerprint density at radius 3 is 2.76 bits per heavy atom. The Morgan fingerprint density at radius 1 is 1.35 bits per heavy atom. The molecule has 0 N–H and O–H groups in total. The van der Waals surface area contributed by atoms with E-state index in [1.54, 1.807) is 0 Å². The molecular weight excluding hydrogens is 302 g/mol. The maximum Gasteiger partial charge on any atom is 0.229 e. The Hall–Kier alpha value is -0.870. The van der Waals surface area contributed by atoms with Crippen molar-refractivity contribution in [2.24, 2.45) is 0 Å². The van der Waals surface area contributed by atoms with E-state index in [0.29, 0.717) is 5.28 Å². The van der Waals surface area contributed by atoms with Gasteiger partial charge in [-0.1, -0.05) is 28.9 Å². The van der Waals surface area contributed by atoms with Crippen LogP contribution in [0.5, 0.6) is 0 Å². The molecular formula is C12H13BrClN3. The molecule has 1 heterocycles. The number of nitrogens with zero attached hydrogens (tertiary/aromatic N) is 3. The number of halogens is 2. The predicted octanol–water partition coefficient (Wildman–Crippen LogP) is 3.94. The lowest BCUT2D eigenvalue weighted by atomic mass is 10.2. The van der Waals surface area contributed by atoms with Crippen LogP contribution in [0.4, 0.5) is 0 Å². The molecule has 0 unspecified atom stereocenters. The molecule has 1 aromatic heterocycles. The van der Waals surface area contributed by atoms with E-state index in [0.717, 1.165) is 28.8 Å². The van der Waals surface area contributed by atoms with Gasteiger partial charge >= 0.3 is 0 Å². The molecule has 3 nitrogen and oxygen atoms in total. The van der Waals surface area contributed by atoms with Gasteiger partial charge in [0.2, 0.25) is 5.28 Å². The van der Waals surface area contributed by atoms with Crippen molar-refractivity contribution in [3.63, 3.8) is 0 Å². The van der Waals surface area contributed by atoms with Crippen molar-refractivity contribution in [1.29, 1.82) is 0 Å². The fraction of sp³-hybridized carbons (Fsp3) is 0.333. The van der Waals surface area contributed by atoms with Gasteiger partial charge in [0, 0.05) is 10.9 Å². The first-order valence-corrected chi connectivity index (χ1v) is 6.67. The van der Waals surface area contributed by atoms with Crippen LogP contribution in [0.2, 0.25) is 5.28 Å². The average molecular weight is 315 g/mol. The van der Waals surface area contributed by atoms with Crippen molar-refractivity contribution >= 4 is 27.5 Å². The van der Waals surface area contributed by atoms with Crippen LogP contribution in [0.15, 0.2) is 22.7 Å². The lowest BCUT2D eigenvalue weighted by molar-refractivity contribution is 0.802. The maximum absolute atomic E-state index is 6.08. The van der Waals surface area contributed by atoms with Crippen molar-refractivity contribution < 1.29 is 0 Å². The van der Waals surface area contributed by atoms with Crippen molar-refractivity contribution in [1.82, 2.24) is 14.8 Å². The number of aryl methyl sites for hydroxylation is 2. The molecule has 0 fully saturated rings. The normalized spacial score (nSPS) is 10.8. The third kappa shape index (κ3) is 2.53. The number of hydrogen-bond donors (Lipinski definition) is 0. The Balaban J connectivity index is 2.51. The smallest absolute Gasteiger partial charge is 0.229 e. The minimum absolute atomic E-state index is 0.407. The van der Waals surface area contributed by atoms with E-state index >= 15 is 0 Å². The minimum Gasteiger partial charge on any atom is -0.270 e. The van der Waals surface area contributed by atoms with Crippen LogP contribution >= 0.6 is 27.5 Å². The maximum atomic E-state index is 6.08. The standard InChI is InChI=1S/C12H13BrClN3/c1-3-4-11-15-16-12(14)17(11)9-6-5-8(2)10(13)7-9/h5-7H,3-4H2,1-2H3. The van der Waals surface area contributed by atoms with Gasteiger partial charge in [0.25, 0.3) is 0 Å². The van der Waals surface area contributed by atoms with Gasteiger partial charge in [0.05, 0.1) is 5.69 Å². The summed E-state index contributed by atoms with van der Waals surface area (Å²) in [5.41, 5.74) is 2.18. The monoisotopic (exact) mass is 313 g/mol. The fourth-order valence-electron chi connectivity index (χ4n) is 1.66. The molecule has 0 radical (unpaired) electrons. The Kier molecular flexibility index (Phi) is 3.84. The van der Waals surface area contributed by atoms with Crippen LogP contribution in [0.1, 0.15) is 24.7 Å². The zero-order chi connectivity index (χ0) is 12.4.